The van der Waals surface area contributed by atoms with Gasteiger partial charge in [-0.3, -0.25) is 18.9 Å². The van der Waals surface area contributed by atoms with Crippen LogP contribution >= 0.6 is 11.3 Å². The molecule has 3 amide bonds. The Morgan fingerprint density at radius 3 is 2.53 bits per heavy atom. The zero-order valence-corrected chi connectivity index (χ0v) is 20.1. The Kier molecular flexibility index (Phi) is 6.95. The summed E-state index contributed by atoms with van der Waals surface area (Å²) in [6.07, 6.45) is 1.02. The molecule has 0 saturated carbocycles. The van der Waals surface area contributed by atoms with Gasteiger partial charge >= 0.3 is 16.3 Å². The van der Waals surface area contributed by atoms with Gasteiger partial charge in [0.1, 0.15) is 18.1 Å². The number of nitrogens with two attached hydrogens (primary N) is 2. The van der Waals surface area contributed by atoms with E-state index in [0.717, 1.165) is 36.2 Å². The standard InChI is InChI=1S/C16H19N9O9S2/c1-16(2,14(29)30)34-23-8(6-4-35-15(18)20-6)12(27)21-9-7(25(13(9)28)36(31,32)33)3-24-5-19-11(22-24)10(17)26/h4-5,7,9H,3H2,1-2H3,(H2,17,26)(H2,18,20)(H,21,27)(H,29,30)(H,31,32,33)/t7-,9+/m1/s1. The SMILES string of the molecule is CC(C)(ON=C(C(=O)N[C@@H]1C(=O)N(S(=O)(=O)O)[C@@H]1Cn1cnc(C(N)=O)n1)c1csc(N)n1)C(=O)O. The van der Waals surface area contributed by atoms with Crippen LogP contribution in [0.15, 0.2) is 16.9 Å². The zero-order chi connectivity index (χ0) is 27.0. The fraction of sp³-hybridized carbons (Fsp3) is 0.375. The van der Waals surface area contributed by atoms with E-state index in [0.29, 0.717) is 0 Å². The first-order valence-electron chi connectivity index (χ1n) is 9.63. The topological polar surface area (TPSA) is 275 Å². The summed E-state index contributed by atoms with van der Waals surface area (Å²) in [5.74, 6) is -5.06. The first kappa shape index (κ1) is 26.4. The van der Waals surface area contributed by atoms with E-state index in [1.165, 1.54) is 5.38 Å². The second-order valence-electron chi connectivity index (χ2n) is 7.70. The van der Waals surface area contributed by atoms with Crippen LogP contribution in [0.4, 0.5) is 5.13 Å². The second-order valence-corrected chi connectivity index (χ2v) is 9.88. The zero-order valence-electron chi connectivity index (χ0n) is 18.4. The highest BCUT2D eigenvalue weighted by molar-refractivity contribution is 7.84. The molecule has 0 aromatic carbocycles. The molecule has 7 N–H and O–H groups in total. The van der Waals surface area contributed by atoms with Gasteiger partial charge in [-0.05, 0) is 13.8 Å². The number of carbonyl (C=O) groups excluding carboxylic acids is 3. The highest BCUT2D eigenvalue weighted by Gasteiger charge is 2.54. The number of β-lactam (4-membered cyclic amide) rings is 1. The molecule has 2 aromatic rings. The lowest BCUT2D eigenvalue weighted by Crippen LogP contribution is -2.73. The van der Waals surface area contributed by atoms with Crippen LogP contribution in [-0.2, 0) is 36.1 Å². The lowest BCUT2D eigenvalue weighted by atomic mass is 9.98. The fourth-order valence-electron chi connectivity index (χ4n) is 2.84. The number of nitrogens with zero attached hydrogens (tertiary/aromatic N) is 6. The van der Waals surface area contributed by atoms with Crippen molar-refractivity contribution < 1.29 is 42.1 Å². The van der Waals surface area contributed by atoms with Gasteiger partial charge in [0, 0.05) is 5.38 Å². The van der Waals surface area contributed by atoms with Crippen LogP contribution < -0.4 is 16.8 Å². The number of carboxylic acids is 1. The summed E-state index contributed by atoms with van der Waals surface area (Å²) in [5.41, 5.74) is 8.13. The monoisotopic (exact) mass is 545 g/mol. The van der Waals surface area contributed by atoms with Crippen molar-refractivity contribution in [2.45, 2.75) is 38.1 Å². The number of amides is 3. The summed E-state index contributed by atoms with van der Waals surface area (Å²) in [5, 5.41) is 20.1. The first-order valence-corrected chi connectivity index (χ1v) is 11.9. The molecular formula is C16H19N9O9S2. The summed E-state index contributed by atoms with van der Waals surface area (Å²) in [4.78, 5) is 60.5. The van der Waals surface area contributed by atoms with Crippen molar-refractivity contribution in [3.8, 4) is 0 Å². The van der Waals surface area contributed by atoms with E-state index in [-0.39, 0.29) is 15.1 Å². The van der Waals surface area contributed by atoms with Crippen LogP contribution in [0.1, 0.15) is 30.2 Å². The smallest absolute Gasteiger partial charge is 0.362 e. The van der Waals surface area contributed by atoms with E-state index in [2.05, 4.69) is 25.5 Å². The van der Waals surface area contributed by atoms with Crippen molar-refractivity contribution in [2.75, 3.05) is 5.73 Å². The molecule has 1 saturated heterocycles. The molecule has 20 heteroatoms. The number of carbonyl (C=O) groups is 4. The Balaban J connectivity index is 1.90. The summed E-state index contributed by atoms with van der Waals surface area (Å²) < 4.78 is 33.9. The normalized spacial score (nSPS) is 18.5. The first-order chi connectivity index (χ1) is 16.6. The Morgan fingerprint density at radius 1 is 1.36 bits per heavy atom. The molecule has 1 aliphatic rings. The van der Waals surface area contributed by atoms with Gasteiger partial charge in [0.05, 0.1) is 12.6 Å². The highest BCUT2D eigenvalue weighted by atomic mass is 32.2. The summed E-state index contributed by atoms with van der Waals surface area (Å²) in [6.45, 7) is 1.89. The van der Waals surface area contributed by atoms with Crippen molar-refractivity contribution in [2.24, 2.45) is 10.9 Å². The predicted molar refractivity (Wildman–Crippen MR) is 119 cm³/mol. The van der Waals surface area contributed by atoms with Gasteiger partial charge in [0.25, 0.3) is 17.7 Å². The Labute approximate surface area is 205 Å². The van der Waals surface area contributed by atoms with Crippen molar-refractivity contribution >= 4 is 56.2 Å². The van der Waals surface area contributed by atoms with Crippen LogP contribution in [0.5, 0.6) is 0 Å². The average molecular weight is 546 g/mol. The Morgan fingerprint density at radius 2 is 2.03 bits per heavy atom. The van der Waals surface area contributed by atoms with Crippen LogP contribution in [0.25, 0.3) is 0 Å². The van der Waals surface area contributed by atoms with Gasteiger partial charge in [-0.2, -0.15) is 8.42 Å². The molecule has 0 spiro atoms. The number of hydrogen-bond acceptors (Lipinski definition) is 13. The number of nitrogens with one attached hydrogen (secondary N) is 1. The number of aromatic nitrogens is 4. The van der Waals surface area contributed by atoms with E-state index in [9.17, 15) is 37.3 Å². The lowest BCUT2D eigenvalue weighted by Gasteiger charge is -2.43. The maximum Gasteiger partial charge on any atom is 0.362 e. The van der Waals surface area contributed by atoms with Crippen molar-refractivity contribution in [1.82, 2.24) is 29.4 Å². The minimum Gasteiger partial charge on any atom is -0.478 e. The van der Waals surface area contributed by atoms with Crippen molar-refractivity contribution in [1.29, 1.82) is 0 Å². The highest BCUT2D eigenvalue weighted by Crippen LogP contribution is 2.25. The third-order valence-electron chi connectivity index (χ3n) is 4.70. The molecular weight excluding hydrogens is 526 g/mol. The fourth-order valence-corrected chi connectivity index (χ4v) is 4.26. The third kappa shape index (κ3) is 5.39. The predicted octanol–water partition coefficient (Wildman–Crippen LogP) is -2.80. The number of oxime groups is 1. The largest absolute Gasteiger partial charge is 0.478 e. The van der Waals surface area contributed by atoms with Crippen molar-refractivity contribution in [3.63, 3.8) is 0 Å². The number of aliphatic carboxylic acids is 1. The summed E-state index contributed by atoms with van der Waals surface area (Å²) in [6, 6.07) is -2.94. The quantitative estimate of drug-likeness (QED) is 0.0874. The van der Waals surface area contributed by atoms with E-state index in [4.69, 9.17) is 16.3 Å². The van der Waals surface area contributed by atoms with E-state index >= 15 is 0 Å². The van der Waals surface area contributed by atoms with E-state index in [1.54, 1.807) is 0 Å². The van der Waals surface area contributed by atoms with Gasteiger partial charge in [0.15, 0.2) is 10.8 Å². The summed E-state index contributed by atoms with van der Waals surface area (Å²) >= 11 is 0.930. The molecule has 0 aliphatic carbocycles. The van der Waals surface area contributed by atoms with Gasteiger partial charge in [-0.15, -0.1) is 16.4 Å². The van der Waals surface area contributed by atoms with Crippen LogP contribution in [0.2, 0.25) is 0 Å². The van der Waals surface area contributed by atoms with Crippen LogP contribution in [0, 0.1) is 0 Å². The molecule has 3 rings (SSSR count). The van der Waals surface area contributed by atoms with Crippen LogP contribution in [-0.4, -0.2) is 89.2 Å². The van der Waals surface area contributed by atoms with E-state index in [1.807, 2.05) is 0 Å². The Bertz CT molecular complexity index is 1360. The molecule has 36 heavy (non-hydrogen) atoms. The maximum absolute atomic E-state index is 13.0. The molecule has 1 fully saturated rings. The summed E-state index contributed by atoms with van der Waals surface area (Å²) in [7, 11) is -5.04. The van der Waals surface area contributed by atoms with Crippen LogP contribution in [0.3, 0.4) is 0 Å². The minimum absolute atomic E-state index is 0.0366. The van der Waals surface area contributed by atoms with Gasteiger partial charge < -0.3 is 26.7 Å². The lowest BCUT2D eigenvalue weighted by molar-refractivity contribution is -0.161. The number of carboxylic acid groups (broad SMARTS) is 1. The number of thiazole rings is 1. The molecule has 194 valence electrons. The molecule has 3 heterocycles. The minimum atomic E-state index is -5.04. The molecule has 1 aliphatic heterocycles. The van der Waals surface area contributed by atoms with E-state index < -0.39 is 69.8 Å². The number of anilines is 1. The number of primary amides is 1. The number of hydrogen-bond donors (Lipinski definition) is 5. The van der Waals surface area contributed by atoms with Crippen molar-refractivity contribution in [3.05, 3.63) is 23.2 Å². The molecule has 0 bridgehead atoms. The molecule has 18 nitrogen and oxygen atoms in total. The number of rotatable bonds is 10. The molecule has 2 aromatic heterocycles. The molecule has 0 radical (unpaired) electrons. The second kappa shape index (κ2) is 9.47. The Hall–Kier alpha value is -4.17. The molecule has 2 atom stereocenters. The third-order valence-corrected chi connectivity index (χ3v) is 6.32. The van der Waals surface area contributed by atoms with Gasteiger partial charge in [0.2, 0.25) is 11.4 Å². The average Bonchev–Trinajstić information content (AvgIpc) is 3.40. The maximum atomic E-state index is 13.0. The van der Waals surface area contributed by atoms with Gasteiger partial charge in [-0.25, -0.2) is 23.7 Å². The number of nitrogen functional groups attached to an aromatic ring is 1. The molecule has 0 unspecified atom stereocenters. The van der Waals surface area contributed by atoms with Gasteiger partial charge in [-0.1, -0.05) is 5.16 Å².